The molecule has 0 spiro atoms. The van der Waals surface area contributed by atoms with E-state index in [1.165, 1.54) is 0 Å². The zero-order chi connectivity index (χ0) is 11.3. The van der Waals surface area contributed by atoms with Crippen LogP contribution in [0.3, 0.4) is 0 Å². The molecule has 0 aliphatic carbocycles. The number of rotatable bonds is 4. The van der Waals surface area contributed by atoms with Crippen LogP contribution in [0.5, 0.6) is 0 Å². The van der Waals surface area contributed by atoms with Crippen LogP contribution in [0.4, 0.5) is 0 Å². The number of primary amides is 1. The van der Waals surface area contributed by atoms with Crippen molar-refractivity contribution in [2.45, 2.75) is 6.42 Å². The maximum atomic E-state index is 11.5. The van der Waals surface area contributed by atoms with Crippen LogP contribution in [0.25, 0.3) is 0 Å². The lowest BCUT2D eigenvalue weighted by molar-refractivity contribution is -0.117. The molecule has 5 nitrogen and oxygen atoms in total. The second-order valence-corrected chi connectivity index (χ2v) is 3.29. The molecule has 4 N–H and O–H groups in total. The van der Waals surface area contributed by atoms with Crippen LogP contribution in [0.1, 0.15) is 16.8 Å². The molecule has 0 radical (unpaired) electrons. The molecule has 0 saturated heterocycles. The quantitative estimate of drug-likeness (QED) is 0.646. The SMILES string of the molecule is NC(=O)CCNC(=O)c1ccc[nH]c1=S. The fraction of sp³-hybridized carbons (Fsp3) is 0.222. The molecule has 0 aliphatic heterocycles. The Hall–Kier alpha value is -1.69. The lowest BCUT2D eigenvalue weighted by Crippen LogP contribution is -2.28. The number of nitrogens with one attached hydrogen (secondary N) is 2. The van der Waals surface area contributed by atoms with E-state index in [1.54, 1.807) is 18.3 Å². The zero-order valence-electron chi connectivity index (χ0n) is 7.95. The van der Waals surface area contributed by atoms with Gasteiger partial charge in [-0.3, -0.25) is 9.59 Å². The Morgan fingerprint density at radius 2 is 2.27 bits per heavy atom. The summed E-state index contributed by atoms with van der Waals surface area (Å²) in [6, 6.07) is 3.29. The Labute approximate surface area is 91.7 Å². The van der Waals surface area contributed by atoms with Crippen LogP contribution >= 0.6 is 12.2 Å². The van der Waals surface area contributed by atoms with Crippen molar-refractivity contribution in [1.82, 2.24) is 10.3 Å². The number of carbonyl (C=O) groups excluding carboxylic acids is 2. The maximum absolute atomic E-state index is 11.5. The molecule has 0 aromatic carbocycles. The van der Waals surface area contributed by atoms with Crippen LogP contribution in [-0.2, 0) is 4.79 Å². The topological polar surface area (TPSA) is 88.0 Å². The maximum Gasteiger partial charge on any atom is 0.254 e. The molecule has 1 rings (SSSR count). The van der Waals surface area contributed by atoms with E-state index in [4.69, 9.17) is 18.0 Å². The number of pyridine rings is 1. The van der Waals surface area contributed by atoms with Gasteiger partial charge >= 0.3 is 0 Å². The van der Waals surface area contributed by atoms with Gasteiger partial charge < -0.3 is 16.0 Å². The third kappa shape index (κ3) is 3.51. The minimum atomic E-state index is -0.450. The van der Waals surface area contributed by atoms with Crippen molar-refractivity contribution in [3.63, 3.8) is 0 Å². The van der Waals surface area contributed by atoms with Gasteiger partial charge in [0.1, 0.15) is 4.64 Å². The molecule has 80 valence electrons. The number of aromatic nitrogens is 1. The van der Waals surface area contributed by atoms with Crippen LogP contribution in [-0.4, -0.2) is 23.3 Å². The van der Waals surface area contributed by atoms with E-state index in [-0.39, 0.29) is 18.9 Å². The standard InChI is InChI=1S/C9H11N3O2S/c10-7(13)3-5-11-8(14)6-2-1-4-12-9(6)15/h1-2,4H,3,5H2,(H2,10,13)(H,11,14)(H,12,15). The summed E-state index contributed by atoms with van der Waals surface area (Å²) in [6.45, 7) is 0.220. The van der Waals surface area contributed by atoms with Crippen molar-refractivity contribution in [3.05, 3.63) is 28.5 Å². The third-order valence-electron chi connectivity index (χ3n) is 1.72. The Bertz CT molecular complexity index is 427. The first kappa shape index (κ1) is 11.4. The first-order valence-corrected chi connectivity index (χ1v) is 4.76. The van der Waals surface area contributed by atoms with Gasteiger partial charge in [-0.15, -0.1) is 0 Å². The van der Waals surface area contributed by atoms with Gasteiger partial charge in [-0.05, 0) is 12.1 Å². The normalized spacial score (nSPS) is 9.60. The van der Waals surface area contributed by atoms with Gasteiger partial charge in [0.2, 0.25) is 5.91 Å². The second kappa shape index (κ2) is 5.26. The molecule has 15 heavy (non-hydrogen) atoms. The Morgan fingerprint density at radius 3 is 2.87 bits per heavy atom. The molecule has 2 amide bonds. The largest absolute Gasteiger partial charge is 0.370 e. The molecule has 6 heteroatoms. The summed E-state index contributed by atoms with van der Waals surface area (Å²) in [5, 5.41) is 2.54. The number of nitrogens with two attached hydrogens (primary N) is 1. The predicted molar refractivity (Wildman–Crippen MR) is 57.8 cm³/mol. The average Bonchev–Trinajstić information content (AvgIpc) is 2.17. The van der Waals surface area contributed by atoms with Gasteiger partial charge in [0.05, 0.1) is 5.56 Å². The van der Waals surface area contributed by atoms with Gasteiger partial charge in [0.15, 0.2) is 0 Å². The van der Waals surface area contributed by atoms with Gasteiger partial charge in [-0.1, -0.05) is 12.2 Å². The van der Waals surface area contributed by atoms with Crippen molar-refractivity contribution in [1.29, 1.82) is 0 Å². The molecular formula is C9H11N3O2S. The highest BCUT2D eigenvalue weighted by Gasteiger charge is 2.06. The highest BCUT2D eigenvalue weighted by Crippen LogP contribution is 1.98. The predicted octanol–water partition coefficient (Wildman–Crippen LogP) is 0.349. The van der Waals surface area contributed by atoms with Gasteiger partial charge in [-0.2, -0.15) is 0 Å². The summed E-state index contributed by atoms with van der Waals surface area (Å²) in [5.41, 5.74) is 5.32. The van der Waals surface area contributed by atoms with Crippen molar-refractivity contribution < 1.29 is 9.59 Å². The van der Waals surface area contributed by atoms with Crippen molar-refractivity contribution in [2.24, 2.45) is 5.73 Å². The summed E-state index contributed by atoms with van der Waals surface area (Å²) in [7, 11) is 0. The lowest BCUT2D eigenvalue weighted by atomic mass is 10.2. The number of hydrogen-bond acceptors (Lipinski definition) is 3. The molecule has 1 heterocycles. The van der Waals surface area contributed by atoms with E-state index in [1.807, 2.05) is 0 Å². The fourth-order valence-electron chi connectivity index (χ4n) is 0.995. The molecule has 1 aromatic rings. The summed E-state index contributed by atoms with van der Waals surface area (Å²) < 4.78 is 0.370. The van der Waals surface area contributed by atoms with Crippen molar-refractivity contribution >= 4 is 24.0 Å². The summed E-state index contributed by atoms with van der Waals surface area (Å²) in [4.78, 5) is 24.7. The minimum Gasteiger partial charge on any atom is -0.370 e. The van der Waals surface area contributed by atoms with E-state index in [9.17, 15) is 9.59 Å². The number of H-pyrrole nitrogens is 1. The smallest absolute Gasteiger partial charge is 0.254 e. The monoisotopic (exact) mass is 225 g/mol. The van der Waals surface area contributed by atoms with Gasteiger partial charge in [0.25, 0.3) is 5.91 Å². The molecule has 1 aromatic heterocycles. The van der Waals surface area contributed by atoms with E-state index in [0.717, 1.165) is 0 Å². The third-order valence-corrected chi connectivity index (χ3v) is 2.06. The number of hydrogen-bond donors (Lipinski definition) is 3. The molecule has 0 fully saturated rings. The summed E-state index contributed by atoms with van der Waals surface area (Å²) in [5.74, 6) is -0.758. The average molecular weight is 225 g/mol. The molecular weight excluding hydrogens is 214 g/mol. The Balaban J connectivity index is 2.58. The molecule has 0 unspecified atom stereocenters. The van der Waals surface area contributed by atoms with Crippen LogP contribution in [0.2, 0.25) is 0 Å². The van der Waals surface area contributed by atoms with E-state index in [2.05, 4.69) is 10.3 Å². The first-order chi connectivity index (χ1) is 7.11. The number of amides is 2. The number of carbonyl (C=O) groups is 2. The zero-order valence-corrected chi connectivity index (χ0v) is 8.76. The Morgan fingerprint density at radius 1 is 1.53 bits per heavy atom. The molecule has 0 atom stereocenters. The highest BCUT2D eigenvalue weighted by atomic mass is 32.1. The van der Waals surface area contributed by atoms with Gasteiger partial charge in [-0.25, -0.2) is 0 Å². The highest BCUT2D eigenvalue weighted by molar-refractivity contribution is 7.71. The second-order valence-electron chi connectivity index (χ2n) is 2.89. The van der Waals surface area contributed by atoms with Crippen LogP contribution in [0, 0.1) is 4.64 Å². The Kier molecular flexibility index (Phi) is 3.99. The molecule has 0 aliphatic rings. The summed E-state index contributed by atoms with van der Waals surface area (Å²) in [6.07, 6.45) is 1.76. The van der Waals surface area contributed by atoms with E-state index in [0.29, 0.717) is 10.2 Å². The fourth-order valence-corrected chi connectivity index (χ4v) is 1.22. The van der Waals surface area contributed by atoms with Gasteiger partial charge in [0, 0.05) is 19.2 Å². The lowest BCUT2D eigenvalue weighted by Gasteiger charge is -2.03. The number of aromatic amines is 1. The molecule has 0 bridgehead atoms. The molecule has 0 saturated carbocycles. The van der Waals surface area contributed by atoms with Crippen molar-refractivity contribution in [2.75, 3.05) is 6.54 Å². The van der Waals surface area contributed by atoms with E-state index < -0.39 is 5.91 Å². The van der Waals surface area contributed by atoms with Crippen LogP contribution in [0.15, 0.2) is 18.3 Å². The van der Waals surface area contributed by atoms with E-state index >= 15 is 0 Å². The summed E-state index contributed by atoms with van der Waals surface area (Å²) >= 11 is 4.92. The first-order valence-electron chi connectivity index (χ1n) is 4.35. The van der Waals surface area contributed by atoms with Crippen molar-refractivity contribution in [3.8, 4) is 0 Å². The van der Waals surface area contributed by atoms with Crippen LogP contribution < -0.4 is 11.1 Å². The minimum absolute atomic E-state index is 0.120.